The standard InChI is InChI=1S/C14H11FN4O2/c15-11-6-10(14(20)18-21)7-17-12(11)8-19-5-3-9-2-1-4-16-13(9)19/h1-7,21H,8H2,(H,18,20). The third kappa shape index (κ3) is 2.46. The minimum Gasteiger partial charge on any atom is -0.326 e. The maximum atomic E-state index is 14.0. The van der Waals surface area contributed by atoms with Crippen molar-refractivity contribution in [2.45, 2.75) is 6.54 Å². The van der Waals surface area contributed by atoms with Crippen molar-refractivity contribution in [1.82, 2.24) is 20.0 Å². The topological polar surface area (TPSA) is 80.0 Å². The van der Waals surface area contributed by atoms with E-state index >= 15 is 0 Å². The molecule has 3 rings (SSSR count). The number of aromatic nitrogens is 3. The number of hydrogen-bond acceptors (Lipinski definition) is 4. The first-order valence-corrected chi connectivity index (χ1v) is 6.18. The summed E-state index contributed by atoms with van der Waals surface area (Å²) in [6.07, 6.45) is 4.67. The first-order chi connectivity index (χ1) is 10.2. The average molecular weight is 286 g/mol. The molecule has 3 heterocycles. The third-order valence-electron chi connectivity index (χ3n) is 3.12. The van der Waals surface area contributed by atoms with Crippen molar-refractivity contribution in [1.29, 1.82) is 0 Å². The minimum absolute atomic E-state index is 0.0470. The van der Waals surface area contributed by atoms with Gasteiger partial charge in [0.05, 0.1) is 17.8 Å². The van der Waals surface area contributed by atoms with E-state index in [1.807, 2.05) is 18.2 Å². The van der Waals surface area contributed by atoms with Crippen LogP contribution in [0.1, 0.15) is 16.1 Å². The van der Waals surface area contributed by atoms with Crippen LogP contribution in [-0.2, 0) is 6.54 Å². The number of carbonyl (C=O) groups is 1. The first kappa shape index (κ1) is 13.2. The van der Waals surface area contributed by atoms with E-state index in [1.165, 1.54) is 11.7 Å². The van der Waals surface area contributed by atoms with Gasteiger partial charge in [-0.2, -0.15) is 0 Å². The molecule has 3 aromatic rings. The minimum atomic E-state index is -0.805. The molecule has 6 nitrogen and oxygen atoms in total. The molecule has 0 saturated carbocycles. The normalized spacial score (nSPS) is 10.8. The lowest BCUT2D eigenvalue weighted by molar-refractivity contribution is 0.0705. The largest absolute Gasteiger partial charge is 0.326 e. The van der Waals surface area contributed by atoms with Gasteiger partial charge in [0, 0.05) is 24.0 Å². The first-order valence-electron chi connectivity index (χ1n) is 6.18. The van der Waals surface area contributed by atoms with E-state index in [1.54, 1.807) is 17.0 Å². The van der Waals surface area contributed by atoms with Gasteiger partial charge in [0.25, 0.3) is 5.91 Å². The van der Waals surface area contributed by atoms with Crippen LogP contribution in [0.25, 0.3) is 11.0 Å². The van der Waals surface area contributed by atoms with Crippen LogP contribution >= 0.6 is 0 Å². The monoisotopic (exact) mass is 286 g/mol. The van der Waals surface area contributed by atoms with Gasteiger partial charge in [-0.1, -0.05) is 0 Å². The molecule has 7 heteroatoms. The highest BCUT2D eigenvalue weighted by atomic mass is 19.1. The van der Waals surface area contributed by atoms with Gasteiger partial charge in [0.15, 0.2) is 0 Å². The Morgan fingerprint density at radius 1 is 1.38 bits per heavy atom. The molecule has 0 aliphatic rings. The van der Waals surface area contributed by atoms with E-state index < -0.39 is 11.7 Å². The van der Waals surface area contributed by atoms with Crippen molar-refractivity contribution in [3.05, 3.63) is 59.9 Å². The SMILES string of the molecule is O=C(NO)c1cnc(Cn2ccc3cccnc32)c(F)c1. The summed E-state index contributed by atoms with van der Waals surface area (Å²) in [5.74, 6) is -1.42. The molecule has 0 spiro atoms. The molecule has 0 bridgehead atoms. The van der Waals surface area contributed by atoms with E-state index in [0.717, 1.165) is 17.1 Å². The Bertz CT molecular complexity index is 816. The fourth-order valence-electron chi connectivity index (χ4n) is 2.08. The summed E-state index contributed by atoms with van der Waals surface area (Å²) < 4.78 is 15.8. The number of rotatable bonds is 3. The van der Waals surface area contributed by atoms with Crippen LogP contribution in [0, 0.1) is 5.82 Å². The second-order valence-corrected chi connectivity index (χ2v) is 4.45. The Labute approximate surface area is 118 Å². The fourth-order valence-corrected chi connectivity index (χ4v) is 2.08. The predicted octanol–water partition coefficient (Wildman–Crippen LogP) is 1.74. The molecule has 0 fully saturated rings. The summed E-state index contributed by atoms with van der Waals surface area (Å²) in [4.78, 5) is 19.4. The molecule has 106 valence electrons. The second-order valence-electron chi connectivity index (χ2n) is 4.45. The Morgan fingerprint density at radius 2 is 2.24 bits per heavy atom. The van der Waals surface area contributed by atoms with Gasteiger partial charge in [0.2, 0.25) is 0 Å². The fraction of sp³-hybridized carbons (Fsp3) is 0.0714. The van der Waals surface area contributed by atoms with Crippen molar-refractivity contribution in [2.75, 3.05) is 0 Å². The number of nitrogens with one attached hydrogen (secondary N) is 1. The number of fused-ring (bicyclic) bond motifs is 1. The number of nitrogens with zero attached hydrogens (tertiary/aromatic N) is 3. The zero-order valence-corrected chi connectivity index (χ0v) is 10.8. The lowest BCUT2D eigenvalue weighted by Crippen LogP contribution is -2.19. The summed E-state index contributed by atoms with van der Waals surface area (Å²) in [6, 6.07) is 6.66. The molecule has 2 N–H and O–H groups in total. The van der Waals surface area contributed by atoms with E-state index in [9.17, 15) is 9.18 Å². The van der Waals surface area contributed by atoms with E-state index in [-0.39, 0.29) is 17.8 Å². The quantitative estimate of drug-likeness (QED) is 0.567. The smallest absolute Gasteiger partial charge is 0.276 e. The highest BCUT2D eigenvalue weighted by molar-refractivity contribution is 5.92. The van der Waals surface area contributed by atoms with Crippen molar-refractivity contribution in [3.8, 4) is 0 Å². The van der Waals surface area contributed by atoms with Crippen LogP contribution in [-0.4, -0.2) is 25.6 Å². The summed E-state index contributed by atoms with van der Waals surface area (Å²) in [5.41, 5.74) is 2.31. The van der Waals surface area contributed by atoms with Gasteiger partial charge in [0.1, 0.15) is 11.5 Å². The Morgan fingerprint density at radius 3 is 3.00 bits per heavy atom. The molecule has 1 amide bonds. The van der Waals surface area contributed by atoms with Gasteiger partial charge in [-0.3, -0.25) is 15.0 Å². The molecule has 3 aromatic heterocycles. The molecule has 0 saturated heterocycles. The van der Waals surface area contributed by atoms with Gasteiger partial charge < -0.3 is 4.57 Å². The second kappa shape index (κ2) is 5.29. The van der Waals surface area contributed by atoms with E-state index in [0.29, 0.717) is 0 Å². The number of carbonyl (C=O) groups excluding carboxylic acids is 1. The number of amides is 1. The molecule has 0 aromatic carbocycles. The van der Waals surface area contributed by atoms with E-state index in [2.05, 4.69) is 9.97 Å². The van der Waals surface area contributed by atoms with Crippen LogP contribution < -0.4 is 5.48 Å². The Balaban J connectivity index is 1.93. The van der Waals surface area contributed by atoms with Gasteiger partial charge >= 0.3 is 0 Å². The lowest BCUT2D eigenvalue weighted by atomic mass is 10.2. The zero-order chi connectivity index (χ0) is 14.8. The molecular formula is C14H11FN4O2. The van der Waals surface area contributed by atoms with Crippen molar-refractivity contribution >= 4 is 16.9 Å². The van der Waals surface area contributed by atoms with Crippen molar-refractivity contribution < 1.29 is 14.4 Å². The van der Waals surface area contributed by atoms with Gasteiger partial charge in [-0.15, -0.1) is 0 Å². The number of halogens is 1. The Hall–Kier alpha value is -2.80. The van der Waals surface area contributed by atoms with E-state index in [4.69, 9.17) is 5.21 Å². The predicted molar refractivity (Wildman–Crippen MR) is 72.3 cm³/mol. The highest BCUT2D eigenvalue weighted by Gasteiger charge is 2.12. The molecular weight excluding hydrogens is 275 g/mol. The molecule has 0 atom stereocenters. The van der Waals surface area contributed by atoms with Crippen LogP contribution in [0.2, 0.25) is 0 Å². The molecule has 0 aliphatic carbocycles. The summed E-state index contributed by atoms with van der Waals surface area (Å²) in [7, 11) is 0. The third-order valence-corrected chi connectivity index (χ3v) is 3.12. The van der Waals surface area contributed by atoms with Gasteiger partial charge in [-0.25, -0.2) is 14.9 Å². The lowest BCUT2D eigenvalue weighted by Gasteiger charge is -2.06. The number of hydrogen-bond donors (Lipinski definition) is 2. The molecule has 0 aliphatic heterocycles. The summed E-state index contributed by atoms with van der Waals surface area (Å²) >= 11 is 0. The average Bonchev–Trinajstić information content (AvgIpc) is 2.92. The molecule has 21 heavy (non-hydrogen) atoms. The van der Waals surface area contributed by atoms with Crippen LogP contribution in [0.5, 0.6) is 0 Å². The van der Waals surface area contributed by atoms with Crippen LogP contribution in [0.4, 0.5) is 4.39 Å². The number of pyridine rings is 2. The summed E-state index contributed by atoms with van der Waals surface area (Å²) in [6.45, 7) is 0.202. The van der Waals surface area contributed by atoms with Crippen molar-refractivity contribution in [2.24, 2.45) is 0 Å². The maximum Gasteiger partial charge on any atom is 0.276 e. The summed E-state index contributed by atoms with van der Waals surface area (Å²) in [5, 5.41) is 9.47. The maximum absolute atomic E-state index is 14.0. The van der Waals surface area contributed by atoms with Gasteiger partial charge in [-0.05, 0) is 24.3 Å². The zero-order valence-electron chi connectivity index (χ0n) is 10.8. The highest BCUT2D eigenvalue weighted by Crippen LogP contribution is 2.15. The Kier molecular flexibility index (Phi) is 3.33. The van der Waals surface area contributed by atoms with Crippen molar-refractivity contribution in [3.63, 3.8) is 0 Å². The molecule has 0 radical (unpaired) electrons. The van der Waals surface area contributed by atoms with Crippen LogP contribution in [0.3, 0.4) is 0 Å². The molecule has 0 unspecified atom stereocenters. The number of hydroxylamine groups is 1. The van der Waals surface area contributed by atoms with Crippen LogP contribution in [0.15, 0.2) is 42.9 Å².